The first-order valence-corrected chi connectivity index (χ1v) is 11.5. The van der Waals surface area contributed by atoms with Crippen molar-refractivity contribution in [1.82, 2.24) is 0 Å². The van der Waals surface area contributed by atoms with Crippen molar-refractivity contribution in [2.45, 2.75) is 45.7 Å². The quantitative estimate of drug-likeness (QED) is 0.363. The van der Waals surface area contributed by atoms with Crippen LogP contribution in [0.1, 0.15) is 6.42 Å². The van der Waals surface area contributed by atoms with Gasteiger partial charge in [-0.25, -0.2) is 12.2 Å². The van der Waals surface area contributed by atoms with Gasteiger partial charge in [0, 0.05) is 17.6 Å². The molecule has 0 aromatic carbocycles. The fourth-order valence-electron chi connectivity index (χ4n) is 0.340. The molecule has 0 saturated carbocycles. The van der Waals surface area contributed by atoms with Crippen LogP contribution < -0.4 is 24.8 Å². The number of allylic oxidation sites excluding steroid dienone is 4. The van der Waals surface area contributed by atoms with Crippen LogP contribution in [0.15, 0.2) is 18.2 Å². The van der Waals surface area contributed by atoms with Crippen molar-refractivity contribution < 1.29 is 45.9 Å². The molecule has 1 aliphatic carbocycles. The third-order valence-corrected chi connectivity index (χ3v) is 0.586. The second kappa shape index (κ2) is 30.2. The normalized spacial score (nSPS) is 9.76. The Morgan fingerprint density at radius 2 is 1.24 bits per heavy atom. The van der Waals surface area contributed by atoms with E-state index in [2.05, 4.69) is 51.4 Å². The van der Waals surface area contributed by atoms with Gasteiger partial charge in [-0.2, -0.15) is 6.08 Å². The summed E-state index contributed by atoms with van der Waals surface area (Å²) in [5, 5.41) is 0. The van der Waals surface area contributed by atoms with E-state index in [4.69, 9.17) is 3.67 Å². The molecule has 0 bridgehead atoms. The Labute approximate surface area is 133 Å². The second-order valence-corrected chi connectivity index (χ2v) is 10.0. The van der Waals surface area contributed by atoms with Gasteiger partial charge in [0.15, 0.2) is 0 Å². The van der Waals surface area contributed by atoms with Crippen LogP contribution in [0.25, 0.3) is 0 Å². The van der Waals surface area contributed by atoms with Gasteiger partial charge in [0.05, 0.1) is 0 Å². The van der Waals surface area contributed by atoms with Crippen molar-refractivity contribution in [2.75, 3.05) is 0 Å². The van der Waals surface area contributed by atoms with Gasteiger partial charge >= 0.3 is 21.0 Å². The molecule has 2 radical (unpaired) electrons. The van der Waals surface area contributed by atoms with Gasteiger partial charge < -0.3 is 24.8 Å². The molecule has 0 saturated heterocycles. The van der Waals surface area contributed by atoms with Crippen molar-refractivity contribution in [3.05, 3.63) is 24.3 Å². The fourth-order valence-corrected chi connectivity index (χ4v) is 0.340. The summed E-state index contributed by atoms with van der Waals surface area (Å²) in [5.41, 5.74) is 0. The summed E-state index contributed by atoms with van der Waals surface area (Å²) < 4.78 is 8.19. The van der Waals surface area contributed by atoms with Crippen molar-refractivity contribution >= 4 is 17.6 Å². The minimum absolute atomic E-state index is 0. The van der Waals surface area contributed by atoms with E-state index >= 15 is 0 Å². The molecule has 0 aromatic heterocycles. The van der Waals surface area contributed by atoms with Crippen molar-refractivity contribution in [3.8, 4) is 0 Å². The van der Waals surface area contributed by atoms with E-state index in [1.54, 1.807) is 0 Å². The maximum atomic E-state index is 8.19. The maximum absolute atomic E-state index is 8.19. The van der Waals surface area contributed by atoms with Gasteiger partial charge in [-0.05, 0) is 0 Å². The van der Waals surface area contributed by atoms with Crippen LogP contribution >= 0.6 is 0 Å². The van der Waals surface area contributed by atoms with E-state index in [1.807, 2.05) is 12.2 Å². The molecule has 0 atom stereocenters. The molecule has 0 unspecified atom stereocenters. The Balaban J connectivity index is -0.0000000378. The Hall–Kier alpha value is 0.878. The number of rotatable bonds is 0. The predicted molar refractivity (Wildman–Crippen MR) is 68.9 cm³/mol. The van der Waals surface area contributed by atoms with Crippen LogP contribution in [0.3, 0.4) is 0 Å². The zero-order valence-corrected chi connectivity index (χ0v) is 16.5. The molecular weight excluding hydrogens is 326 g/mol. The topological polar surface area (TPSA) is 17.1 Å². The van der Waals surface area contributed by atoms with E-state index in [0.29, 0.717) is 0 Å². The molecular formula is C11H23Cl2OSi2V-. The SMILES string of the molecule is C[Si](C)C.C[Si](C)C.[C-]1=CC=CC1.[Cl-].[Cl-].[O]=[V+2]. The third kappa shape index (κ3) is 108. The van der Waals surface area contributed by atoms with Crippen molar-refractivity contribution in [1.29, 1.82) is 0 Å². The summed E-state index contributed by atoms with van der Waals surface area (Å²) in [6.07, 6.45) is 10.0. The van der Waals surface area contributed by atoms with Gasteiger partial charge in [0.25, 0.3) is 0 Å². The zero-order valence-electron chi connectivity index (χ0n) is 11.6. The summed E-state index contributed by atoms with van der Waals surface area (Å²) >= 11 is 1.06. The molecule has 0 amide bonds. The van der Waals surface area contributed by atoms with Crippen LogP contribution in [0.2, 0.25) is 39.3 Å². The Morgan fingerprint density at radius 1 is 0.941 bits per heavy atom. The Bertz CT molecular complexity index is 144. The van der Waals surface area contributed by atoms with Gasteiger partial charge in [0.1, 0.15) is 0 Å². The molecule has 1 nitrogen and oxygen atoms in total. The van der Waals surface area contributed by atoms with Crippen LogP contribution in [0, 0.1) is 6.08 Å². The Kier molecular flexibility index (Phi) is 54.5. The fraction of sp³-hybridized carbons (Fsp3) is 0.636. The monoisotopic (exact) mass is 348 g/mol. The third-order valence-electron chi connectivity index (χ3n) is 0.586. The summed E-state index contributed by atoms with van der Waals surface area (Å²) in [5.74, 6) is 0. The van der Waals surface area contributed by atoms with E-state index in [0.717, 1.165) is 23.8 Å². The van der Waals surface area contributed by atoms with Crippen LogP contribution in [-0.4, -0.2) is 17.6 Å². The van der Waals surface area contributed by atoms with Gasteiger partial charge in [-0.3, -0.25) is 6.08 Å². The summed E-state index contributed by atoms with van der Waals surface area (Å²) in [4.78, 5) is 0. The standard InChI is InChI=1S/C5H5.2C3H9Si.2ClH.O.V/c1-2-4-5-3-1;2*1-4(2)3;;;;/h1-3H,4H2;2*1-3H3;2*1H;;/q-1;;;;;;+2/p-2. The van der Waals surface area contributed by atoms with E-state index < -0.39 is 0 Å². The molecule has 0 heterocycles. The molecule has 17 heavy (non-hydrogen) atoms. The molecule has 1 aliphatic rings. The molecule has 101 valence electrons. The summed E-state index contributed by atoms with van der Waals surface area (Å²) in [6.45, 7) is 13.6. The van der Waals surface area contributed by atoms with Crippen LogP contribution in [0.5, 0.6) is 0 Å². The molecule has 0 N–H and O–H groups in total. The summed E-state index contributed by atoms with van der Waals surface area (Å²) in [6, 6.07) is 0. The van der Waals surface area contributed by atoms with Crippen molar-refractivity contribution in [3.63, 3.8) is 0 Å². The molecule has 6 heteroatoms. The first-order valence-electron chi connectivity index (χ1n) is 4.90. The molecule has 0 spiro atoms. The predicted octanol–water partition coefficient (Wildman–Crippen LogP) is -2.07. The summed E-state index contributed by atoms with van der Waals surface area (Å²) in [7, 11) is 0.241. The first kappa shape index (κ1) is 30.7. The Morgan fingerprint density at radius 3 is 1.29 bits per heavy atom. The average molecular weight is 349 g/mol. The number of hydrogen-bond donors (Lipinski definition) is 0. The van der Waals surface area contributed by atoms with E-state index in [9.17, 15) is 0 Å². The first-order chi connectivity index (χ1) is 6.96. The molecule has 1 rings (SSSR count). The number of hydrogen-bond acceptors (Lipinski definition) is 1. The molecule has 0 aromatic rings. The number of halogens is 2. The molecule has 0 fully saturated rings. The second-order valence-electron chi connectivity index (χ2n) is 4.00. The van der Waals surface area contributed by atoms with Gasteiger partial charge in [0.2, 0.25) is 0 Å². The van der Waals surface area contributed by atoms with Gasteiger partial charge in [-0.15, -0.1) is 6.42 Å². The van der Waals surface area contributed by atoms with Gasteiger partial charge in [-0.1, -0.05) is 39.3 Å². The van der Waals surface area contributed by atoms with Crippen LogP contribution in [-0.2, 0) is 21.0 Å². The van der Waals surface area contributed by atoms with E-state index in [-0.39, 0.29) is 42.4 Å². The van der Waals surface area contributed by atoms with E-state index in [1.165, 1.54) is 0 Å². The minimum atomic E-state index is 0. The van der Waals surface area contributed by atoms with Crippen LogP contribution in [0.4, 0.5) is 0 Å². The van der Waals surface area contributed by atoms with Crippen molar-refractivity contribution in [2.24, 2.45) is 0 Å². The average Bonchev–Trinajstić information content (AvgIpc) is 2.61. The zero-order chi connectivity index (χ0) is 12.7. The molecule has 0 aliphatic heterocycles.